The Labute approximate surface area is 107 Å². The summed E-state index contributed by atoms with van der Waals surface area (Å²) in [6.07, 6.45) is 3.71. The van der Waals surface area contributed by atoms with E-state index < -0.39 is 0 Å². The van der Waals surface area contributed by atoms with Gasteiger partial charge in [-0.25, -0.2) is 0 Å². The molecule has 18 heavy (non-hydrogen) atoms. The minimum absolute atomic E-state index is 0.377. The van der Waals surface area contributed by atoms with Gasteiger partial charge in [-0.05, 0) is 31.5 Å². The Balaban J connectivity index is 2.01. The fraction of sp³-hybridized carbons (Fsp3) is 0.538. The first-order valence-corrected chi connectivity index (χ1v) is 6.32. The Morgan fingerprint density at radius 1 is 1.44 bits per heavy atom. The molecule has 0 aliphatic rings. The van der Waals surface area contributed by atoms with Gasteiger partial charge in [-0.2, -0.15) is 4.98 Å². The fourth-order valence-electron chi connectivity index (χ4n) is 2.00. The van der Waals surface area contributed by atoms with Gasteiger partial charge in [0.15, 0.2) is 0 Å². The van der Waals surface area contributed by atoms with Crippen LogP contribution in [0.1, 0.15) is 26.2 Å². The molecule has 0 aliphatic heterocycles. The normalized spacial score (nSPS) is 13.1. The molecule has 1 unspecified atom stereocenters. The Morgan fingerprint density at radius 2 is 2.28 bits per heavy atom. The number of hydrogen-bond donors (Lipinski definition) is 2. The van der Waals surface area contributed by atoms with Crippen LogP contribution in [0.2, 0.25) is 0 Å². The molecule has 0 aromatic carbocycles. The molecule has 0 amide bonds. The van der Waals surface area contributed by atoms with Crippen LogP contribution in [0.5, 0.6) is 0 Å². The summed E-state index contributed by atoms with van der Waals surface area (Å²) >= 11 is 0. The van der Waals surface area contributed by atoms with Crippen molar-refractivity contribution in [3.05, 3.63) is 24.2 Å². The van der Waals surface area contributed by atoms with Crippen molar-refractivity contribution in [1.29, 1.82) is 0 Å². The first kappa shape index (κ1) is 12.8. The molecule has 0 bridgehead atoms. The Bertz CT molecular complexity index is 461. The van der Waals surface area contributed by atoms with Crippen molar-refractivity contribution in [1.82, 2.24) is 20.4 Å². The summed E-state index contributed by atoms with van der Waals surface area (Å²) in [5, 5.41) is 7.27. The van der Waals surface area contributed by atoms with E-state index in [9.17, 15) is 0 Å². The molecule has 2 rings (SSSR count). The lowest BCUT2D eigenvalue weighted by molar-refractivity contribution is 0.345. The minimum Gasteiger partial charge on any atom is -0.359 e. The van der Waals surface area contributed by atoms with Crippen LogP contribution in [-0.2, 0) is 6.42 Å². The molecule has 5 heteroatoms. The van der Waals surface area contributed by atoms with Crippen LogP contribution < -0.4 is 5.32 Å². The monoisotopic (exact) mass is 248 g/mol. The number of rotatable bonds is 6. The molecule has 2 aromatic rings. The largest absolute Gasteiger partial charge is 0.359 e. The Hall–Kier alpha value is -1.62. The zero-order chi connectivity index (χ0) is 13.0. The van der Waals surface area contributed by atoms with E-state index in [1.165, 1.54) is 0 Å². The van der Waals surface area contributed by atoms with Crippen molar-refractivity contribution in [2.45, 2.75) is 32.7 Å². The first-order chi connectivity index (χ1) is 8.69. The number of aromatic amines is 1. The second-order valence-electron chi connectivity index (χ2n) is 4.91. The average Bonchev–Trinajstić information content (AvgIpc) is 2.97. The zero-order valence-electron chi connectivity index (χ0n) is 11.1. The van der Waals surface area contributed by atoms with Crippen molar-refractivity contribution in [3.63, 3.8) is 0 Å². The lowest BCUT2D eigenvalue weighted by Crippen LogP contribution is -2.29. The zero-order valence-corrected chi connectivity index (χ0v) is 11.1. The molecule has 5 nitrogen and oxygen atoms in total. The van der Waals surface area contributed by atoms with Crippen LogP contribution in [0.4, 0.5) is 0 Å². The highest BCUT2D eigenvalue weighted by Gasteiger charge is 2.15. The molecule has 0 fully saturated rings. The number of nitrogens with zero attached hydrogens (tertiary/aromatic N) is 2. The summed E-state index contributed by atoms with van der Waals surface area (Å²) in [5.74, 6) is 1.95. The lowest BCUT2D eigenvalue weighted by Gasteiger charge is -2.15. The predicted octanol–water partition coefficient (Wildman–Crippen LogP) is 2.24. The van der Waals surface area contributed by atoms with Crippen LogP contribution in [0.25, 0.3) is 11.5 Å². The summed E-state index contributed by atoms with van der Waals surface area (Å²) in [6, 6.07) is 4.22. The van der Waals surface area contributed by atoms with E-state index in [1.54, 1.807) is 0 Å². The highest BCUT2D eigenvalue weighted by molar-refractivity contribution is 5.47. The summed E-state index contributed by atoms with van der Waals surface area (Å²) in [6.45, 7) is 4.42. The van der Waals surface area contributed by atoms with E-state index in [4.69, 9.17) is 4.52 Å². The van der Waals surface area contributed by atoms with Crippen molar-refractivity contribution >= 4 is 0 Å². The van der Waals surface area contributed by atoms with Gasteiger partial charge >= 0.3 is 0 Å². The standard InChI is InChI=1S/C13H20N4O/c1-9(2)7-10(14-3)8-12-16-13(17-18-12)11-5-4-6-15-11/h4-6,9-10,14-15H,7-8H2,1-3H3. The summed E-state index contributed by atoms with van der Waals surface area (Å²) in [7, 11) is 1.97. The van der Waals surface area contributed by atoms with Gasteiger partial charge in [0.2, 0.25) is 11.7 Å². The smallest absolute Gasteiger partial charge is 0.228 e. The minimum atomic E-state index is 0.377. The summed E-state index contributed by atoms with van der Waals surface area (Å²) in [4.78, 5) is 7.46. The van der Waals surface area contributed by atoms with E-state index in [-0.39, 0.29) is 0 Å². The van der Waals surface area contributed by atoms with Crippen LogP contribution in [0.3, 0.4) is 0 Å². The van der Waals surface area contributed by atoms with Crippen LogP contribution in [0, 0.1) is 5.92 Å². The van der Waals surface area contributed by atoms with Gasteiger partial charge < -0.3 is 14.8 Å². The SMILES string of the molecule is CNC(Cc1nc(-c2ccc[nH]2)no1)CC(C)C. The van der Waals surface area contributed by atoms with Gasteiger partial charge in [-0.15, -0.1) is 0 Å². The van der Waals surface area contributed by atoms with Gasteiger partial charge in [0, 0.05) is 18.7 Å². The molecule has 0 radical (unpaired) electrons. The number of nitrogens with one attached hydrogen (secondary N) is 2. The summed E-state index contributed by atoms with van der Waals surface area (Å²) < 4.78 is 5.28. The fourth-order valence-corrected chi connectivity index (χ4v) is 2.00. The number of aromatic nitrogens is 3. The maximum atomic E-state index is 5.28. The lowest BCUT2D eigenvalue weighted by atomic mass is 10.0. The molecule has 1 atom stereocenters. The van der Waals surface area contributed by atoms with Crippen LogP contribution in [0.15, 0.2) is 22.9 Å². The maximum Gasteiger partial charge on any atom is 0.228 e. The molecule has 98 valence electrons. The molecule has 0 aliphatic carbocycles. The van der Waals surface area contributed by atoms with Gasteiger partial charge in [-0.1, -0.05) is 19.0 Å². The first-order valence-electron chi connectivity index (χ1n) is 6.32. The van der Waals surface area contributed by atoms with E-state index >= 15 is 0 Å². The predicted molar refractivity (Wildman–Crippen MR) is 70.1 cm³/mol. The van der Waals surface area contributed by atoms with Crippen LogP contribution in [-0.4, -0.2) is 28.2 Å². The topological polar surface area (TPSA) is 66.7 Å². The van der Waals surface area contributed by atoms with Gasteiger partial charge in [0.25, 0.3) is 0 Å². The van der Waals surface area contributed by atoms with Gasteiger partial charge in [0.1, 0.15) is 0 Å². The third-order valence-electron chi connectivity index (χ3n) is 2.89. The second-order valence-corrected chi connectivity index (χ2v) is 4.91. The van der Waals surface area contributed by atoms with E-state index in [0.29, 0.717) is 23.7 Å². The molecule has 2 heterocycles. The van der Waals surface area contributed by atoms with E-state index in [1.807, 2.05) is 25.4 Å². The van der Waals surface area contributed by atoms with Crippen molar-refractivity contribution in [3.8, 4) is 11.5 Å². The molecular weight excluding hydrogens is 228 g/mol. The molecule has 0 saturated carbocycles. The van der Waals surface area contributed by atoms with E-state index in [0.717, 1.165) is 18.5 Å². The van der Waals surface area contributed by atoms with Crippen molar-refractivity contribution < 1.29 is 4.52 Å². The molecule has 2 N–H and O–H groups in total. The van der Waals surface area contributed by atoms with Crippen LogP contribution >= 0.6 is 0 Å². The van der Waals surface area contributed by atoms with Gasteiger partial charge in [-0.3, -0.25) is 0 Å². The van der Waals surface area contributed by atoms with E-state index in [2.05, 4.69) is 34.3 Å². The number of hydrogen-bond acceptors (Lipinski definition) is 4. The Kier molecular flexibility index (Phi) is 4.15. The van der Waals surface area contributed by atoms with Gasteiger partial charge in [0.05, 0.1) is 5.69 Å². The number of H-pyrrole nitrogens is 1. The second kappa shape index (κ2) is 5.82. The van der Waals surface area contributed by atoms with Crippen molar-refractivity contribution in [2.75, 3.05) is 7.05 Å². The molecule has 0 saturated heterocycles. The third kappa shape index (κ3) is 3.20. The van der Waals surface area contributed by atoms with Crippen molar-refractivity contribution in [2.24, 2.45) is 5.92 Å². The molecule has 0 spiro atoms. The highest BCUT2D eigenvalue weighted by Crippen LogP contribution is 2.15. The molecule has 2 aromatic heterocycles. The average molecular weight is 248 g/mol. The highest BCUT2D eigenvalue weighted by atomic mass is 16.5. The Morgan fingerprint density at radius 3 is 2.89 bits per heavy atom. The maximum absolute atomic E-state index is 5.28. The third-order valence-corrected chi connectivity index (χ3v) is 2.89. The number of likely N-dealkylation sites (N-methyl/N-ethyl adjacent to an activating group) is 1. The quantitative estimate of drug-likeness (QED) is 0.822. The summed E-state index contributed by atoms with van der Waals surface area (Å²) in [5.41, 5.74) is 0.884. The molecular formula is C13H20N4O.